The van der Waals surface area contributed by atoms with Crippen molar-refractivity contribution < 1.29 is 4.79 Å². The van der Waals surface area contributed by atoms with Gasteiger partial charge in [0.1, 0.15) is 0 Å². The highest BCUT2D eigenvalue weighted by Gasteiger charge is 2.12. The van der Waals surface area contributed by atoms with Crippen molar-refractivity contribution in [1.82, 2.24) is 14.5 Å². The Morgan fingerprint density at radius 2 is 2.00 bits per heavy atom. The van der Waals surface area contributed by atoms with Crippen LogP contribution in [0.3, 0.4) is 0 Å². The fourth-order valence-electron chi connectivity index (χ4n) is 2.57. The topological polar surface area (TPSA) is 38.1 Å². The molecule has 0 N–H and O–H groups in total. The summed E-state index contributed by atoms with van der Waals surface area (Å²) in [7, 11) is 3.82. The van der Waals surface area contributed by atoms with Crippen molar-refractivity contribution in [2.75, 3.05) is 13.6 Å². The van der Waals surface area contributed by atoms with Crippen LogP contribution in [-0.4, -0.2) is 34.0 Å². The second kappa shape index (κ2) is 5.64. The van der Waals surface area contributed by atoms with Crippen molar-refractivity contribution in [2.24, 2.45) is 7.05 Å². The number of hydrogen-bond acceptors (Lipinski definition) is 2. The third-order valence-electron chi connectivity index (χ3n) is 4.05. The lowest BCUT2D eigenvalue weighted by Gasteiger charge is -2.14. The molecule has 0 bridgehead atoms. The summed E-state index contributed by atoms with van der Waals surface area (Å²) in [4.78, 5) is 18.3. The van der Waals surface area contributed by atoms with E-state index >= 15 is 0 Å². The molecule has 0 atom stereocenters. The van der Waals surface area contributed by atoms with Crippen LogP contribution in [0.4, 0.5) is 0 Å². The van der Waals surface area contributed by atoms with Crippen LogP contribution in [-0.2, 0) is 7.05 Å². The van der Waals surface area contributed by atoms with Crippen molar-refractivity contribution in [1.29, 1.82) is 0 Å². The summed E-state index contributed by atoms with van der Waals surface area (Å²) in [5.41, 5.74) is 3.70. The van der Waals surface area contributed by atoms with E-state index in [4.69, 9.17) is 0 Å². The average molecular weight is 293 g/mol. The standard InChI is InChI=1S/C18H19N3O/c1-4-20(2)18(22)14-9-10-15(19-12-14)17-11-13-7-5-6-8-16(13)21(17)3/h5-12H,4H2,1-3H3. The Bertz CT molecular complexity index is 818. The number of para-hydroxylation sites is 1. The maximum absolute atomic E-state index is 12.1. The summed E-state index contributed by atoms with van der Waals surface area (Å²) in [5.74, 6) is -0.00130. The van der Waals surface area contributed by atoms with Crippen LogP contribution in [0.1, 0.15) is 17.3 Å². The van der Waals surface area contributed by atoms with E-state index < -0.39 is 0 Å². The fraction of sp³-hybridized carbons (Fsp3) is 0.222. The Balaban J connectivity index is 1.98. The van der Waals surface area contributed by atoms with Crippen LogP contribution >= 0.6 is 0 Å². The monoisotopic (exact) mass is 293 g/mol. The maximum Gasteiger partial charge on any atom is 0.255 e. The quantitative estimate of drug-likeness (QED) is 0.743. The Labute approximate surface area is 130 Å². The van der Waals surface area contributed by atoms with E-state index in [0.29, 0.717) is 12.1 Å². The van der Waals surface area contributed by atoms with Gasteiger partial charge in [-0.2, -0.15) is 0 Å². The van der Waals surface area contributed by atoms with Crippen LogP contribution in [0.25, 0.3) is 22.3 Å². The maximum atomic E-state index is 12.1. The van der Waals surface area contributed by atoms with Gasteiger partial charge in [0, 0.05) is 37.7 Å². The van der Waals surface area contributed by atoms with Crippen molar-refractivity contribution in [3.8, 4) is 11.4 Å². The number of rotatable bonds is 3. The molecule has 0 radical (unpaired) electrons. The number of hydrogen-bond donors (Lipinski definition) is 0. The van der Waals surface area contributed by atoms with Crippen LogP contribution in [0.5, 0.6) is 0 Å². The third-order valence-corrected chi connectivity index (χ3v) is 4.05. The molecule has 3 aromatic rings. The Hall–Kier alpha value is -2.62. The summed E-state index contributed by atoms with van der Waals surface area (Å²) in [6.07, 6.45) is 1.65. The van der Waals surface area contributed by atoms with Crippen LogP contribution in [0.2, 0.25) is 0 Å². The highest BCUT2D eigenvalue weighted by Crippen LogP contribution is 2.25. The minimum atomic E-state index is -0.00130. The lowest BCUT2D eigenvalue weighted by Crippen LogP contribution is -2.26. The number of fused-ring (bicyclic) bond motifs is 1. The Kier molecular flexibility index (Phi) is 3.67. The molecule has 1 aromatic carbocycles. The Morgan fingerprint density at radius 3 is 2.64 bits per heavy atom. The first-order chi connectivity index (χ1) is 10.6. The van der Waals surface area contributed by atoms with Crippen molar-refractivity contribution in [2.45, 2.75) is 6.92 Å². The molecule has 0 spiro atoms. The molecule has 3 rings (SSSR count). The zero-order valence-electron chi connectivity index (χ0n) is 13.1. The van der Waals surface area contributed by atoms with Gasteiger partial charge in [-0.3, -0.25) is 9.78 Å². The van der Waals surface area contributed by atoms with Gasteiger partial charge in [0.25, 0.3) is 5.91 Å². The van der Waals surface area contributed by atoms with E-state index in [-0.39, 0.29) is 5.91 Å². The van der Waals surface area contributed by atoms with E-state index in [2.05, 4.69) is 27.8 Å². The molecular weight excluding hydrogens is 274 g/mol. The molecule has 1 amide bonds. The van der Waals surface area contributed by atoms with Crippen molar-refractivity contribution in [3.63, 3.8) is 0 Å². The van der Waals surface area contributed by atoms with E-state index in [1.165, 1.54) is 10.9 Å². The normalized spacial score (nSPS) is 10.9. The van der Waals surface area contributed by atoms with Crippen LogP contribution in [0.15, 0.2) is 48.7 Å². The van der Waals surface area contributed by atoms with Gasteiger partial charge in [-0.15, -0.1) is 0 Å². The van der Waals surface area contributed by atoms with E-state index in [0.717, 1.165) is 11.4 Å². The molecule has 4 nitrogen and oxygen atoms in total. The summed E-state index contributed by atoms with van der Waals surface area (Å²) in [6, 6.07) is 14.1. The van der Waals surface area contributed by atoms with E-state index in [1.807, 2.05) is 38.2 Å². The molecule has 2 heterocycles. The van der Waals surface area contributed by atoms with Gasteiger partial charge in [-0.05, 0) is 31.2 Å². The second-order valence-electron chi connectivity index (χ2n) is 5.40. The molecule has 0 aliphatic rings. The highest BCUT2D eigenvalue weighted by molar-refractivity contribution is 5.94. The first-order valence-corrected chi connectivity index (χ1v) is 7.38. The number of carbonyl (C=O) groups excluding carboxylic acids is 1. The molecule has 0 aliphatic heterocycles. The van der Waals surface area contributed by atoms with Gasteiger partial charge < -0.3 is 9.47 Å². The first kappa shape index (κ1) is 14.3. The lowest BCUT2D eigenvalue weighted by molar-refractivity contribution is 0.0802. The fourth-order valence-corrected chi connectivity index (χ4v) is 2.57. The number of aryl methyl sites for hydroxylation is 1. The minimum Gasteiger partial charge on any atom is -0.342 e. The zero-order valence-corrected chi connectivity index (χ0v) is 13.1. The zero-order chi connectivity index (χ0) is 15.7. The molecule has 112 valence electrons. The molecule has 2 aromatic heterocycles. The van der Waals surface area contributed by atoms with Gasteiger partial charge in [-0.25, -0.2) is 0 Å². The minimum absolute atomic E-state index is 0.00130. The third kappa shape index (κ3) is 2.37. The summed E-state index contributed by atoms with van der Waals surface area (Å²) in [6.45, 7) is 2.64. The van der Waals surface area contributed by atoms with Gasteiger partial charge in [0.15, 0.2) is 0 Å². The molecule has 0 saturated carbocycles. The molecule has 0 aliphatic carbocycles. The number of nitrogens with zero attached hydrogens (tertiary/aromatic N) is 3. The average Bonchev–Trinajstić information content (AvgIpc) is 2.91. The van der Waals surface area contributed by atoms with Crippen molar-refractivity contribution >= 4 is 16.8 Å². The highest BCUT2D eigenvalue weighted by atomic mass is 16.2. The second-order valence-corrected chi connectivity index (χ2v) is 5.40. The number of amides is 1. The van der Waals surface area contributed by atoms with Crippen molar-refractivity contribution in [3.05, 3.63) is 54.2 Å². The van der Waals surface area contributed by atoms with Gasteiger partial charge in [0.2, 0.25) is 0 Å². The number of benzene rings is 1. The SMILES string of the molecule is CCN(C)C(=O)c1ccc(-c2cc3ccccc3n2C)nc1. The molecule has 0 fully saturated rings. The predicted molar refractivity (Wildman–Crippen MR) is 88.8 cm³/mol. The van der Waals surface area contributed by atoms with E-state index in [9.17, 15) is 4.79 Å². The number of pyridine rings is 1. The van der Waals surface area contributed by atoms with E-state index in [1.54, 1.807) is 18.1 Å². The Morgan fingerprint density at radius 1 is 1.23 bits per heavy atom. The van der Waals surface area contributed by atoms with Gasteiger partial charge >= 0.3 is 0 Å². The van der Waals surface area contributed by atoms with Crippen LogP contribution < -0.4 is 0 Å². The molecule has 0 unspecified atom stereocenters. The molecular formula is C18H19N3O. The number of aromatic nitrogens is 2. The van der Waals surface area contributed by atoms with Gasteiger partial charge in [0.05, 0.1) is 17.0 Å². The molecule has 0 saturated heterocycles. The summed E-state index contributed by atoms with van der Waals surface area (Å²) < 4.78 is 2.12. The van der Waals surface area contributed by atoms with Gasteiger partial charge in [-0.1, -0.05) is 18.2 Å². The largest absolute Gasteiger partial charge is 0.342 e. The summed E-state index contributed by atoms with van der Waals surface area (Å²) in [5, 5.41) is 1.19. The smallest absolute Gasteiger partial charge is 0.255 e. The first-order valence-electron chi connectivity index (χ1n) is 7.38. The molecule has 4 heteroatoms. The summed E-state index contributed by atoms with van der Waals surface area (Å²) >= 11 is 0. The predicted octanol–water partition coefficient (Wildman–Crippen LogP) is 3.33. The number of carbonyl (C=O) groups is 1. The molecule has 22 heavy (non-hydrogen) atoms. The van der Waals surface area contributed by atoms with Crippen LogP contribution in [0, 0.1) is 0 Å². The lowest BCUT2D eigenvalue weighted by atomic mass is 10.2.